The molecule has 0 bridgehead atoms. The lowest BCUT2D eigenvalue weighted by molar-refractivity contribution is -0.0498. The van der Waals surface area contributed by atoms with Crippen molar-refractivity contribution in [2.45, 2.75) is 64.6 Å². The van der Waals surface area contributed by atoms with Crippen molar-refractivity contribution in [3.63, 3.8) is 0 Å². The van der Waals surface area contributed by atoms with E-state index in [1.54, 1.807) is 12.1 Å². The van der Waals surface area contributed by atoms with Crippen LogP contribution in [0.4, 0.5) is 8.78 Å². The molecule has 2 atom stereocenters. The van der Waals surface area contributed by atoms with Crippen LogP contribution >= 0.6 is 0 Å². The maximum absolute atomic E-state index is 12.1. The Labute approximate surface area is 125 Å². The molecule has 1 N–H and O–H groups in total. The van der Waals surface area contributed by atoms with E-state index in [4.69, 9.17) is 0 Å². The highest BCUT2D eigenvalue weighted by molar-refractivity contribution is 5.29. The summed E-state index contributed by atoms with van der Waals surface area (Å²) in [7, 11) is 0. The van der Waals surface area contributed by atoms with Crippen molar-refractivity contribution >= 4 is 0 Å². The molecule has 1 unspecified atom stereocenters. The third kappa shape index (κ3) is 4.95. The van der Waals surface area contributed by atoms with Gasteiger partial charge in [0.05, 0.1) is 0 Å². The quantitative estimate of drug-likeness (QED) is 0.805. The van der Waals surface area contributed by atoms with Crippen molar-refractivity contribution in [2.75, 3.05) is 0 Å². The predicted molar refractivity (Wildman–Crippen MR) is 80.7 cm³/mol. The van der Waals surface area contributed by atoms with Crippen LogP contribution in [0.1, 0.15) is 57.6 Å². The van der Waals surface area contributed by atoms with Crippen LogP contribution < -0.4 is 10.1 Å². The molecule has 21 heavy (non-hydrogen) atoms. The van der Waals surface area contributed by atoms with Crippen molar-refractivity contribution in [1.29, 1.82) is 0 Å². The largest absolute Gasteiger partial charge is 0.435 e. The van der Waals surface area contributed by atoms with Gasteiger partial charge in [0.1, 0.15) is 5.75 Å². The van der Waals surface area contributed by atoms with Crippen molar-refractivity contribution in [3.8, 4) is 5.75 Å². The molecule has 2 rings (SSSR count). The van der Waals surface area contributed by atoms with Gasteiger partial charge in [-0.15, -0.1) is 0 Å². The Morgan fingerprint density at radius 3 is 2.24 bits per heavy atom. The van der Waals surface area contributed by atoms with Gasteiger partial charge in [0, 0.05) is 12.1 Å². The standard InChI is InChI=1S/C17H25F2NO/c1-12(14-6-4-3-5-7-14)20-13(2)15-8-10-16(11-9-15)21-17(18)19/h8-14,17,20H,3-7H2,1-2H3/t12-,13?/m1/s1. The summed E-state index contributed by atoms with van der Waals surface area (Å²) in [6, 6.07) is 7.60. The number of alkyl halides is 2. The van der Waals surface area contributed by atoms with Crippen molar-refractivity contribution in [3.05, 3.63) is 29.8 Å². The van der Waals surface area contributed by atoms with Gasteiger partial charge in [-0.3, -0.25) is 0 Å². The number of rotatable bonds is 6. The fraction of sp³-hybridized carbons (Fsp3) is 0.647. The summed E-state index contributed by atoms with van der Waals surface area (Å²) < 4.78 is 28.6. The molecule has 4 heteroatoms. The predicted octanol–water partition coefficient (Wildman–Crippen LogP) is 4.91. The second kappa shape index (κ2) is 7.74. The molecule has 0 radical (unpaired) electrons. The van der Waals surface area contributed by atoms with E-state index >= 15 is 0 Å². The van der Waals surface area contributed by atoms with E-state index in [2.05, 4.69) is 23.9 Å². The summed E-state index contributed by atoms with van der Waals surface area (Å²) in [5.74, 6) is 0.962. The maximum Gasteiger partial charge on any atom is 0.387 e. The Morgan fingerprint density at radius 2 is 1.67 bits per heavy atom. The molecule has 118 valence electrons. The van der Waals surface area contributed by atoms with Gasteiger partial charge in [0.2, 0.25) is 0 Å². The van der Waals surface area contributed by atoms with Crippen LogP contribution in [0, 0.1) is 5.92 Å². The number of hydrogen-bond acceptors (Lipinski definition) is 2. The topological polar surface area (TPSA) is 21.3 Å². The first-order valence-electron chi connectivity index (χ1n) is 7.87. The van der Waals surface area contributed by atoms with Gasteiger partial charge >= 0.3 is 6.61 Å². The van der Waals surface area contributed by atoms with Gasteiger partial charge < -0.3 is 10.1 Å². The molecule has 1 aliphatic carbocycles. The average molecular weight is 297 g/mol. The highest BCUT2D eigenvalue weighted by Gasteiger charge is 2.21. The molecule has 2 nitrogen and oxygen atoms in total. The SMILES string of the molecule is CC(N[C@H](C)C1CCCCC1)c1ccc(OC(F)F)cc1. The summed E-state index contributed by atoms with van der Waals surface area (Å²) >= 11 is 0. The van der Waals surface area contributed by atoms with Gasteiger partial charge in [-0.1, -0.05) is 31.4 Å². The van der Waals surface area contributed by atoms with Crippen LogP contribution in [-0.4, -0.2) is 12.7 Å². The molecule has 1 saturated carbocycles. The molecule has 1 aromatic carbocycles. The van der Waals surface area contributed by atoms with Crippen molar-refractivity contribution < 1.29 is 13.5 Å². The van der Waals surface area contributed by atoms with Crippen LogP contribution in [0.3, 0.4) is 0 Å². The van der Waals surface area contributed by atoms with Crippen molar-refractivity contribution in [1.82, 2.24) is 5.32 Å². The Hall–Kier alpha value is -1.16. The summed E-state index contributed by atoms with van der Waals surface area (Å²) in [5, 5.41) is 3.64. The lowest BCUT2D eigenvalue weighted by Gasteiger charge is -2.30. The van der Waals surface area contributed by atoms with Gasteiger partial charge in [-0.25, -0.2) is 0 Å². The van der Waals surface area contributed by atoms with E-state index in [1.807, 2.05) is 12.1 Å². The van der Waals surface area contributed by atoms with Crippen LogP contribution in [0.15, 0.2) is 24.3 Å². The minimum absolute atomic E-state index is 0.210. The maximum atomic E-state index is 12.1. The highest BCUT2D eigenvalue weighted by atomic mass is 19.3. The second-order valence-corrected chi connectivity index (χ2v) is 6.02. The summed E-state index contributed by atoms with van der Waals surface area (Å²) in [4.78, 5) is 0. The average Bonchev–Trinajstić information content (AvgIpc) is 2.48. The summed E-state index contributed by atoms with van der Waals surface area (Å²) in [6.07, 6.45) is 6.66. The first-order valence-corrected chi connectivity index (χ1v) is 7.87. The Morgan fingerprint density at radius 1 is 1.05 bits per heavy atom. The van der Waals surface area contributed by atoms with Crippen LogP contribution in [0.2, 0.25) is 0 Å². The molecule has 0 spiro atoms. The number of hydrogen-bond donors (Lipinski definition) is 1. The minimum atomic E-state index is -2.77. The van der Waals surface area contributed by atoms with Crippen LogP contribution in [0.25, 0.3) is 0 Å². The zero-order valence-corrected chi connectivity index (χ0v) is 12.8. The molecular weight excluding hydrogens is 272 g/mol. The van der Waals surface area contributed by atoms with Crippen LogP contribution in [-0.2, 0) is 0 Å². The number of halogens is 2. The number of benzene rings is 1. The Balaban J connectivity index is 1.88. The van der Waals surface area contributed by atoms with E-state index < -0.39 is 6.61 Å². The monoisotopic (exact) mass is 297 g/mol. The normalized spacial score (nSPS) is 19.5. The zero-order valence-electron chi connectivity index (χ0n) is 12.8. The third-order valence-corrected chi connectivity index (χ3v) is 4.48. The van der Waals surface area contributed by atoms with E-state index in [9.17, 15) is 8.78 Å². The van der Waals surface area contributed by atoms with Gasteiger partial charge in [-0.05, 0) is 50.3 Å². The third-order valence-electron chi connectivity index (χ3n) is 4.48. The van der Waals surface area contributed by atoms with E-state index in [0.717, 1.165) is 11.5 Å². The van der Waals surface area contributed by atoms with Gasteiger partial charge in [-0.2, -0.15) is 8.78 Å². The summed E-state index contributed by atoms with van der Waals surface area (Å²) in [5.41, 5.74) is 1.10. The second-order valence-electron chi connectivity index (χ2n) is 6.02. The lowest BCUT2D eigenvalue weighted by atomic mass is 9.84. The molecular formula is C17H25F2NO. The minimum Gasteiger partial charge on any atom is -0.435 e. The fourth-order valence-corrected chi connectivity index (χ4v) is 3.20. The van der Waals surface area contributed by atoms with Gasteiger partial charge in [0.25, 0.3) is 0 Å². The molecule has 0 aliphatic heterocycles. The molecule has 1 aromatic rings. The highest BCUT2D eigenvalue weighted by Crippen LogP contribution is 2.28. The Kier molecular flexibility index (Phi) is 5.97. The lowest BCUT2D eigenvalue weighted by Crippen LogP contribution is -2.36. The fourth-order valence-electron chi connectivity index (χ4n) is 3.20. The molecule has 0 amide bonds. The number of nitrogens with one attached hydrogen (secondary N) is 1. The molecule has 0 aromatic heterocycles. The Bertz CT molecular complexity index is 415. The zero-order chi connectivity index (χ0) is 15.2. The molecule has 1 fully saturated rings. The van der Waals surface area contributed by atoms with E-state index in [-0.39, 0.29) is 11.8 Å². The van der Waals surface area contributed by atoms with Gasteiger partial charge in [0.15, 0.2) is 0 Å². The van der Waals surface area contributed by atoms with Crippen LogP contribution in [0.5, 0.6) is 5.75 Å². The molecule has 0 saturated heterocycles. The van der Waals surface area contributed by atoms with Crippen molar-refractivity contribution in [2.24, 2.45) is 5.92 Å². The molecule has 0 heterocycles. The molecule has 1 aliphatic rings. The smallest absolute Gasteiger partial charge is 0.387 e. The summed E-state index contributed by atoms with van der Waals surface area (Å²) in [6.45, 7) is 1.60. The van der Waals surface area contributed by atoms with E-state index in [0.29, 0.717) is 6.04 Å². The first kappa shape index (κ1) is 16.2. The van der Waals surface area contributed by atoms with E-state index in [1.165, 1.54) is 32.1 Å². The number of ether oxygens (including phenoxy) is 1. The first-order chi connectivity index (χ1) is 10.1.